The fraction of sp³-hybridized carbons (Fsp3) is 0.538. The van der Waals surface area contributed by atoms with Gasteiger partial charge in [0.1, 0.15) is 5.75 Å². The monoisotopic (exact) mass is 236 g/mol. The highest BCUT2D eigenvalue weighted by Crippen LogP contribution is 2.29. The van der Waals surface area contributed by atoms with Crippen molar-refractivity contribution in [2.45, 2.75) is 18.9 Å². The average Bonchev–Trinajstić information content (AvgIpc) is 2.39. The van der Waals surface area contributed by atoms with E-state index < -0.39 is 0 Å². The molecule has 2 rings (SSSR count). The lowest BCUT2D eigenvalue weighted by molar-refractivity contribution is 0.0855. The second kappa shape index (κ2) is 5.27. The van der Waals surface area contributed by atoms with E-state index in [1.165, 1.54) is 0 Å². The molecular weight excluding hydrogens is 216 g/mol. The zero-order chi connectivity index (χ0) is 12.3. The Hall–Kier alpha value is -1.42. The van der Waals surface area contributed by atoms with Crippen LogP contribution >= 0.6 is 0 Å². The van der Waals surface area contributed by atoms with Gasteiger partial charge in [-0.1, -0.05) is 0 Å². The summed E-state index contributed by atoms with van der Waals surface area (Å²) in [4.78, 5) is 2.25. The molecule has 1 fully saturated rings. The van der Waals surface area contributed by atoms with Crippen LogP contribution in [0.4, 0.5) is 11.4 Å². The first-order valence-corrected chi connectivity index (χ1v) is 5.96. The van der Waals surface area contributed by atoms with Crippen LogP contribution in [0, 0.1) is 0 Å². The molecule has 0 saturated carbocycles. The van der Waals surface area contributed by atoms with E-state index in [1.54, 1.807) is 7.11 Å². The van der Waals surface area contributed by atoms with Crippen LogP contribution in [0.1, 0.15) is 12.8 Å². The normalized spacial score (nSPS) is 16.8. The number of hydrogen-bond donors (Lipinski definition) is 1. The Morgan fingerprint density at radius 3 is 2.65 bits per heavy atom. The van der Waals surface area contributed by atoms with Gasteiger partial charge in [0.15, 0.2) is 0 Å². The zero-order valence-electron chi connectivity index (χ0n) is 10.5. The van der Waals surface area contributed by atoms with Crippen LogP contribution in [0.2, 0.25) is 0 Å². The maximum absolute atomic E-state index is 6.05. The van der Waals surface area contributed by atoms with Gasteiger partial charge in [-0.2, -0.15) is 0 Å². The Morgan fingerprint density at radius 2 is 2.06 bits per heavy atom. The summed E-state index contributed by atoms with van der Waals surface area (Å²) in [6, 6.07) is 6.34. The van der Waals surface area contributed by atoms with Gasteiger partial charge in [-0.05, 0) is 25.0 Å². The van der Waals surface area contributed by atoms with E-state index in [1.807, 2.05) is 18.2 Å². The molecule has 0 spiro atoms. The van der Waals surface area contributed by atoms with Crippen molar-refractivity contribution in [1.82, 2.24) is 0 Å². The van der Waals surface area contributed by atoms with Crippen molar-refractivity contribution in [1.29, 1.82) is 0 Å². The molecule has 1 aromatic rings. The molecular formula is C13H20N2O2. The van der Waals surface area contributed by atoms with Gasteiger partial charge in [-0.3, -0.25) is 0 Å². The van der Waals surface area contributed by atoms with Gasteiger partial charge in [0.2, 0.25) is 0 Å². The van der Waals surface area contributed by atoms with E-state index in [4.69, 9.17) is 15.2 Å². The van der Waals surface area contributed by atoms with Crippen LogP contribution in [0.5, 0.6) is 5.75 Å². The Bertz CT molecular complexity index is 376. The molecule has 1 aliphatic heterocycles. The van der Waals surface area contributed by atoms with E-state index in [-0.39, 0.29) is 0 Å². The average molecular weight is 236 g/mol. The maximum Gasteiger partial charge on any atom is 0.121 e. The Morgan fingerprint density at radius 1 is 1.35 bits per heavy atom. The summed E-state index contributed by atoms with van der Waals surface area (Å²) in [5.41, 5.74) is 7.88. The van der Waals surface area contributed by atoms with Crippen LogP contribution in [-0.4, -0.2) is 33.4 Å². The summed E-state index contributed by atoms with van der Waals surface area (Å²) in [7, 11) is 3.74. The number of benzene rings is 1. The smallest absolute Gasteiger partial charge is 0.121 e. The molecule has 2 N–H and O–H groups in total. The molecule has 0 aliphatic carbocycles. The molecule has 0 unspecified atom stereocenters. The summed E-state index contributed by atoms with van der Waals surface area (Å²) in [5, 5.41) is 0. The third kappa shape index (κ3) is 2.64. The summed E-state index contributed by atoms with van der Waals surface area (Å²) in [6.07, 6.45) is 2.12. The molecule has 4 nitrogen and oxygen atoms in total. The van der Waals surface area contributed by atoms with Crippen molar-refractivity contribution in [2.75, 3.05) is 38.0 Å². The fourth-order valence-electron chi connectivity index (χ4n) is 2.25. The largest absolute Gasteiger partial charge is 0.497 e. The van der Waals surface area contributed by atoms with E-state index in [2.05, 4.69) is 11.9 Å². The van der Waals surface area contributed by atoms with E-state index in [9.17, 15) is 0 Å². The van der Waals surface area contributed by atoms with Gasteiger partial charge in [0, 0.05) is 32.4 Å². The van der Waals surface area contributed by atoms with Crippen molar-refractivity contribution in [3.05, 3.63) is 18.2 Å². The molecule has 1 heterocycles. The molecule has 4 heteroatoms. The lowest BCUT2D eigenvalue weighted by Gasteiger charge is -2.33. The Kier molecular flexibility index (Phi) is 3.74. The molecule has 17 heavy (non-hydrogen) atoms. The summed E-state index contributed by atoms with van der Waals surface area (Å²) in [6.45, 7) is 1.68. The number of hydrogen-bond acceptors (Lipinski definition) is 4. The first kappa shape index (κ1) is 12.0. The van der Waals surface area contributed by atoms with E-state index >= 15 is 0 Å². The minimum atomic E-state index is 0.513. The number of nitrogens with two attached hydrogens (primary N) is 1. The quantitative estimate of drug-likeness (QED) is 0.814. The predicted molar refractivity (Wildman–Crippen MR) is 69.7 cm³/mol. The minimum absolute atomic E-state index is 0.513. The number of rotatable bonds is 3. The van der Waals surface area contributed by atoms with Crippen LogP contribution < -0.4 is 15.4 Å². The van der Waals surface area contributed by atoms with Gasteiger partial charge in [-0.15, -0.1) is 0 Å². The van der Waals surface area contributed by atoms with Crippen molar-refractivity contribution in [3.8, 4) is 5.75 Å². The molecule has 0 amide bonds. The minimum Gasteiger partial charge on any atom is -0.497 e. The number of nitrogens with zero attached hydrogens (tertiary/aromatic N) is 1. The maximum atomic E-state index is 6.05. The fourth-order valence-corrected chi connectivity index (χ4v) is 2.25. The lowest BCUT2D eigenvalue weighted by atomic mass is 10.1. The van der Waals surface area contributed by atoms with E-state index in [0.717, 1.165) is 43.2 Å². The summed E-state index contributed by atoms with van der Waals surface area (Å²) < 4.78 is 10.5. The zero-order valence-corrected chi connectivity index (χ0v) is 10.5. The van der Waals surface area contributed by atoms with Crippen LogP contribution in [0.3, 0.4) is 0 Å². The van der Waals surface area contributed by atoms with Gasteiger partial charge in [0.25, 0.3) is 0 Å². The van der Waals surface area contributed by atoms with Crippen molar-refractivity contribution in [3.63, 3.8) is 0 Å². The van der Waals surface area contributed by atoms with Crippen LogP contribution in [0.15, 0.2) is 18.2 Å². The van der Waals surface area contributed by atoms with Gasteiger partial charge in [-0.25, -0.2) is 0 Å². The van der Waals surface area contributed by atoms with Gasteiger partial charge < -0.3 is 20.1 Å². The first-order valence-electron chi connectivity index (χ1n) is 5.96. The highest BCUT2D eigenvalue weighted by molar-refractivity contribution is 5.69. The Labute approximate surface area is 102 Å². The van der Waals surface area contributed by atoms with Crippen LogP contribution in [-0.2, 0) is 4.74 Å². The molecule has 1 saturated heterocycles. The third-order valence-corrected chi connectivity index (χ3v) is 3.35. The second-order valence-corrected chi connectivity index (χ2v) is 4.38. The standard InChI is InChI=1S/C13H20N2O2/c1-15(10-5-7-17-8-6-10)13-4-3-11(16-2)9-12(13)14/h3-4,9-10H,5-8,14H2,1-2H3. The highest BCUT2D eigenvalue weighted by atomic mass is 16.5. The highest BCUT2D eigenvalue weighted by Gasteiger charge is 2.20. The Balaban J connectivity index is 2.15. The molecule has 94 valence electrons. The topological polar surface area (TPSA) is 47.7 Å². The van der Waals surface area contributed by atoms with Crippen molar-refractivity contribution in [2.24, 2.45) is 0 Å². The van der Waals surface area contributed by atoms with Crippen molar-refractivity contribution >= 4 is 11.4 Å². The number of nitrogen functional groups attached to an aromatic ring is 1. The van der Waals surface area contributed by atoms with Gasteiger partial charge >= 0.3 is 0 Å². The summed E-state index contributed by atoms with van der Waals surface area (Å²) >= 11 is 0. The number of anilines is 2. The van der Waals surface area contributed by atoms with Crippen molar-refractivity contribution < 1.29 is 9.47 Å². The predicted octanol–water partition coefficient (Wildman–Crippen LogP) is 1.89. The molecule has 0 atom stereocenters. The molecule has 0 radical (unpaired) electrons. The first-order chi connectivity index (χ1) is 8.22. The lowest BCUT2D eigenvalue weighted by Crippen LogP contribution is -2.37. The molecule has 1 aromatic carbocycles. The number of ether oxygens (including phenoxy) is 2. The summed E-state index contributed by atoms with van der Waals surface area (Å²) in [5.74, 6) is 0.798. The third-order valence-electron chi connectivity index (χ3n) is 3.35. The molecule has 0 aromatic heterocycles. The number of methoxy groups -OCH3 is 1. The van der Waals surface area contributed by atoms with Crippen LogP contribution in [0.25, 0.3) is 0 Å². The molecule has 1 aliphatic rings. The second-order valence-electron chi connectivity index (χ2n) is 4.38. The van der Waals surface area contributed by atoms with E-state index in [0.29, 0.717) is 6.04 Å². The van der Waals surface area contributed by atoms with Gasteiger partial charge in [0.05, 0.1) is 18.5 Å². The molecule has 0 bridgehead atoms. The SMILES string of the molecule is COc1ccc(N(C)C2CCOCC2)c(N)c1.